The van der Waals surface area contributed by atoms with Crippen LogP contribution in [-0.2, 0) is 4.79 Å². The number of hydrogen-bond acceptors (Lipinski definition) is 3. The van der Waals surface area contributed by atoms with Gasteiger partial charge in [-0.3, -0.25) is 4.79 Å². The molecule has 0 bridgehead atoms. The van der Waals surface area contributed by atoms with Crippen molar-refractivity contribution in [2.75, 3.05) is 32.8 Å². The number of aliphatic hydroxyl groups excluding tert-OH is 1. The van der Waals surface area contributed by atoms with Crippen LogP contribution in [0, 0.1) is 0 Å². The highest BCUT2D eigenvalue weighted by Gasteiger charge is 2.16. The zero-order chi connectivity index (χ0) is 10.9. The van der Waals surface area contributed by atoms with Gasteiger partial charge in [-0.1, -0.05) is 0 Å². The highest BCUT2D eigenvalue weighted by atomic mass is 16.2. The first-order chi connectivity index (χ1) is 7.34. The number of amides is 1. The molecule has 0 spiro atoms. The van der Waals surface area contributed by atoms with Gasteiger partial charge in [0.1, 0.15) is 0 Å². The fourth-order valence-electron chi connectivity index (χ4n) is 1.81. The van der Waals surface area contributed by atoms with Crippen molar-refractivity contribution in [1.82, 2.24) is 10.2 Å². The molecule has 4 nitrogen and oxygen atoms in total. The number of carbonyl (C=O) groups is 1. The van der Waals surface area contributed by atoms with Gasteiger partial charge < -0.3 is 15.3 Å². The second-order valence-electron chi connectivity index (χ2n) is 4.05. The van der Waals surface area contributed by atoms with Gasteiger partial charge in [-0.2, -0.15) is 0 Å². The van der Waals surface area contributed by atoms with Gasteiger partial charge in [-0.25, -0.2) is 0 Å². The van der Waals surface area contributed by atoms with Crippen molar-refractivity contribution in [2.45, 2.75) is 32.1 Å². The summed E-state index contributed by atoms with van der Waals surface area (Å²) in [5, 5.41) is 11.7. The molecule has 1 fully saturated rings. The predicted octanol–water partition coefficient (Wildman–Crippen LogP) is 0.361. The van der Waals surface area contributed by atoms with Gasteiger partial charge in [-0.15, -0.1) is 0 Å². The van der Waals surface area contributed by atoms with E-state index in [0.29, 0.717) is 6.54 Å². The summed E-state index contributed by atoms with van der Waals surface area (Å²) in [5.74, 6) is 0.231. The summed E-state index contributed by atoms with van der Waals surface area (Å²) in [7, 11) is 0. The molecule has 0 unspecified atom stereocenters. The van der Waals surface area contributed by atoms with E-state index in [1.807, 2.05) is 4.90 Å². The lowest BCUT2D eigenvalue weighted by Gasteiger charge is -2.15. The summed E-state index contributed by atoms with van der Waals surface area (Å²) in [4.78, 5) is 13.5. The van der Waals surface area contributed by atoms with Crippen molar-refractivity contribution in [2.24, 2.45) is 0 Å². The molecule has 88 valence electrons. The smallest absolute Gasteiger partial charge is 0.236 e. The van der Waals surface area contributed by atoms with Gasteiger partial charge in [0.25, 0.3) is 0 Å². The van der Waals surface area contributed by atoms with Crippen molar-refractivity contribution in [3.63, 3.8) is 0 Å². The average Bonchev–Trinajstić information content (AvgIpc) is 2.76. The first kappa shape index (κ1) is 12.5. The van der Waals surface area contributed by atoms with E-state index in [1.54, 1.807) is 0 Å². The molecule has 1 heterocycles. The average molecular weight is 214 g/mol. The van der Waals surface area contributed by atoms with Crippen LogP contribution in [0.15, 0.2) is 0 Å². The summed E-state index contributed by atoms with van der Waals surface area (Å²) in [6, 6.07) is 0. The second-order valence-corrected chi connectivity index (χ2v) is 4.05. The molecule has 0 saturated carbocycles. The lowest BCUT2D eigenvalue weighted by molar-refractivity contribution is -0.129. The Hall–Kier alpha value is -0.610. The van der Waals surface area contributed by atoms with E-state index in [0.717, 1.165) is 51.7 Å². The topological polar surface area (TPSA) is 52.6 Å². The van der Waals surface area contributed by atoms with Gasteiger partial charge in [-0.05, 0) is 38.6 Å². The normalized spacial score (nSPS) is 15.9. The van der Waals surface area contributed by atoms with E-state index < -0.39 is 0 Å². The van der Waals surface area contributed by atoms with Crippen LogP contribution in [0.5, 0.6) is 0 Å². The molecule has 15 heavy (non-hydrogen) atoms. The Morgan fingerprint density at radius 1 is 1.20 bits per heavy atom. The van der Waals surface area contributed by atoms with E-state index in [4.69, 9.17) is 5.11 Å². The SMILES string of the molecule is O=C(CNCCCCCO)N1CCCC1. The number of nitrogens with zero attached hydrogens (tertiary/aromatic N) is 1. The van der Waals surface area contributed by atoms with Gasteiger partial charge in [0.05, 0.1) is 6.54 Å². The Balaban J connectivity index is 1.92. The fourth-order valence-corrected chi connectivity index (χ4v) is 1.81. The summed E-state index contributed by atoms with van der Waals surface area (Å²) in [6.45, 7) is 3.49. The molecular weight excluding hydrogens is 192 g/mol. The van der Waals surface area contributed by atoms with E-state index in [-0.39, 0.29) is 12.5 Å². The minimum absolute atomic E-state index is 0.231. The maximum Gasteiger partial charge on any atom is 0.236 e. The number of hydrogen-bond donors (Lipinski definition) is 2. The molecule has 0 aromatic rings. The minimum atomic E-state index is 0.231. The Kier molecular flexibility index (Phi) is 6.36. The summed E-state index contributed by atoms with van der Waals surface area (Å²) in [5.41, 5.74) is 0. The molecular formula is C11H22N2O2. The fraction of sp³-hybridized carbons (Fsp3) is 0.909. The highest BCUT2D eigenvalue weighted by molar-refractivity contribution is 5.78. The third-order valence-corrected chi connectivity index (χ3v) is 2.75. The molecule has 2 N–H and O–H groups in total. The molecule has 1 amide bonds. The number of aliphatic hydroxyl groups is 1. The van der Waals surface area contributed by atoms with Crippen LogP contribution in [0.1, 0.15) is 32.1 Å². The number of nitrogens with one attached hydrogen (secondary N) is 1. The van der Waals surface area contributed by atoms with Crippen LogP contribution < -0.4 is 5.32 Å². The monoisotopic (exact) mass is 214 g/mol. The summed E-state index contributed by atoms with van der Waals surface area (Å²) >= 11 is 0. The van der Waals surface area contributed by atoms with Crippen LogP contribution >= 0.6 is 0 Å². The van der Waals surface area contributed by atoms with Crippen molar-refractivity contribution in [3.05, 3.63) is 0 Å². The first-order valence-corrected chi connectivity index (χ1v) is 5.94. The molecule has 1 aliphatic heterocycles. The van der Waals surface area contributed by atoms with Crippen molar-refractivity contribution in [3.8, 4) is 0 Å². The molecule has 0 atom stereocenters. The lowest BCUT2D eigenvalue weighted by atomic mass is 10.2. The lowest BCUT2D eigenvalue weighted by Crippen LogP contribution is -2.36. The molecule has 0 aliphatic carbocycles. The molecule has 0 aromatic heterocycles. The van der Waals surface area contributed by atoms with Gasteiger partial charge in [0.2, 0.25) is 5.91 Å². The Bertz CT molecular complexity index is 179. The second kappa shape index (κ2) is 7.65. The maximum absolute atomic E-state index is 11.6. The highest BCUT2D eigenvalue weighted by Crippen LogP contribution is 2.06. The van der Waals surface area contributed by atoms with E-state index in [2.05, 4.69) is 5.32 Å². The van der Waals surface area contributed by atoms with E-state index >= 15 is 0 Å². The molecule has 1 saturated heterocycles. The molecule has 0 aromatic carbocycles. The number of rotatable bonds is 7. The third kappa shape index (κ3) is 5.14. The van der Waals surface area contributed by atoms with Crippen LogP contribution in [0.3, 0.4) is 0 Å². The van der Waals surface area contributed by atoms with Crippen molar-refractivity contribution < 1.29 is 9.90 Å². The van der Waals surface area contributed by atoms with Crippen LogP contribution in [0.4, 0.5) is 0 Å². The zero-order valence-electron chi connectivity index (χ0n) is 9.37. The minimum Gasteiger partial charge on any atom is -0.396 e. The van der Waals surface area contributed by atoms with Gasteiger partial charge in [0, 0.05) is 19.7 Å². The van der Waals surface area contributed by atoms with E-state index in [1.165, 1.54) is 0 Å². The predicted molar refractivity (Wildman–Crippen MR) is 59.6 cm³/mol. The van der Waals surface area contributed by atoms with Crippen LogP contribution in [-0.4, -0.2) is 48.7 Å². The largest absolute Gasteiger partial charge is 0.396 e. The van der Waals surface area contributed by atoms with Crippen molar-refractivity contribution >= 4 is 5.91 Å². The van der Waals surface area contributed by atoms with Crippen molar-refractivity contribution in [1.29, 1.82) is 0 Å². The zero-order valence-corrected chi connectivity index (χ0v) is 9.37. The number of unbranched alkanes of at least 4 members (excludes halogenated alkanes) is 2. The number of carbonyl (C=O) groups excluding carboxylic acids is 1. The Morgan fingerprint density at radius 3 is 2.60 bits per heavy atom. The Labute approximate surface area is 91.6 Å². The van der Waals surface area contributed by atoms with Gasteiger partial charge in [0.15, 0.2) is 0 Å². The third-order valence-electron chi connectivity index (χ3n) is 2.75. The van der Waals surface area contributed by atoms with Crippen LogP contribution in [0.2, 0.25) is 0 Å². The van der Waals surface area contributed by atoms with Gasteiger partial charge >= 0.3 is 0 Å². The number of likely N-dealkylation sites (tertiary alicyclic amines) is 1. The molecule has 1 rings (SSSR count). The molecule has 0 radical (unpaired) electrons. The molecule has 1 aliphatic rings. The summed E-state index contributed by atoms with van der Waals surface area (Å²) < 4.78 is 0. The van der Waals surface area contributed by atoms with E-state index in [9.17, 15) is 4.79 Å². The molecule has 4 heteroatoms. The Morgan fingerprint density at radius 2 is 1.93 bits per heavy atom. The summed E-state index contributed by atoms with van der Waals surface area (Å²) in [6.07, 6.45) is 5.24. The standard InChI is InChI=1S/C11H22N2O2/c14-9-5-1-2-6-12-10-11(15)13-7-3-4-8-13/h12,14H,1-10H2. The maximum atomic E-state index is 11.6. The quantitative estimate of drug-likeness (QED) is 0.602. The van der Waals surface area contributed by atoms with Crippen LogP contribution in [0.25, 0.3) is 0 Å². The first-order valence-electron chi connectivity index (χ1n) is 5.94.